The van der Waals surface area contributed by atoms with Gasteiger partial charge < -0.3 is 9.97 Å². The monoisotopic (exact) mass is 919 g/mol. The fourth-order valence-corrected chi connectivity index (χ4v) is 11.4. The number of fused-ring (bicyclic) bond motifs is 3. The molecule has 0 unspecified atom stereocenters. The van der Waals surface area contributed by atoms with E-state index in [1.165, 1.54) is 101 Å². The van der Waals surface area contributed by atoms with Gasteiger partial charge >= 0.3 is 0 Å². The van der Waals surface area contributed by atoms with E-state index >= 15 is 0 Å². The Morgan fingerprint density at radius 2 is 1.41 bits per heavy atom. The maximum Gasteiger partial charge on any atom is 0.0798 e. The average molecular weight is 919 g/mol. The summed E-state index contributed by atoms with van der Waals surface area (Å²) in [7, 11) is -1.35. The molecule has 2 saturated carbocycles. The summed E-state index contributed by atoms with van der Waals surface area (Å²) in [5, 5.41) is 4.16. The number of hydrogen-bond donors (Lipinski definition) is 0. The largest absolute Gasteiger partial charge is 0.305 e. The van der Waals surface area contributed by atoms with Gasteiger partial charge in [0.15, 0.2) is 0 Å². The minimum atomic E-state index is -1.35. The predicted octanol–water partition coefficient (Wildman–Crippen LogP) is 13.1. The van der Waals surface area contributed by atoms with E-state index in [9.17, 15) is 0 Å². The van der Waals surface area contributed by atoms with Crippen LogP contribution in [0.1, 0.15) is 62.5 Å². The van der Waals surface area contributed by atoms with Crippen molar-refractivity contribution in [2.45, 2.75) is 83.8 Å². The Kier molecular flexibility index (Phi) is 12.4. The first kappa shape index (κ1) is 38.5. The number of nitrogens with zero attached hydrogens (tertiary/aromatic N) is 2. The first-order valence-electron chi connectivity index (χ1n) is 19.7. The van der Waals surface area contributed by atoms with Crippen LogP contribution in [0.2, 0.25) is 19.6 Å². The SMILES string of the molecule is C[Si](C)(C)c1cnc(-c2[c-]cccc2)cc1CC1CCCC1.[Ir].[c-]1ccc2c(sc3ccc(-c4ccccc4)cc32)c1-c1cc(CC2CCCC2)ccn1. The van der Waals surface area contributed by atoms with Crippen LogP contribution in [0.4, 0.5) is 0 Å². The summed E-state index contributed by atoms with van der Waals surface area (Å²) in [4.78, 5) is 9.50. The van der Waals surface area contributed by atoms with Crippen molar-refractivity contribution >= 4 is 44.8 Å². The van der Waals surface area contributed by atoms with Gasteiger partial charge in [0.2, 0.25) is 0 Å². The maximum atomic E-state index is 4.75. The molecular formula is C49H50IrN2SSi-2. The molecule has 2 aliphatic carbocycles. The minimum Gasteiger partial charge on any atom is -0.305 e. The van der Waals surface area contributed by atoms with Gasteiger partial charge in [-0.05, 0) is 80.7 Å². The third kappa shape index (κ3) is 8.87. The second-order valence-electron chi connectivity index (χ2n) is 16.3. The van der Waals surface area contributed by atoms with E-state index in [4.69, 9.17) is 9.97 Å². The van der Waals surface area contributed by atoms with E-state index in [0.29, 0.717) is 0 Å². The van der Waals surface area contributed by atoms with Crippen molar-refractivity contribution in [2.75, 3.05) is 0 Å². The van der Waals surface area contributed by atoms with Crippen molar-refractivity contribution in [3.05, 3.63) is 139 Å². The molecule has 0 bridgehead atoms. The van der Waals surface area contributed by atoms with E-state index in [2.05, 4.69) is 129 Å². The van der Waals surface area contributed by atoms with Gasteiger partial charge in [0.25, 0.3) is 0 Å². The van der Waals surface area contributed by atoms with Crippen LogP contribution in [0.15, 0.2) is 116 Å². The van der Waals surface area contributed by atoms with Crippen molar-refractivity contribution < 1.29 is 20.1 Å². The number of benzene rings is 4. The molecule has 9 rings (SSSR count). The summed E-state index contributed by atoms with van der Waals surface area (Å²) >= 11 is 1.85. The fourth-order valence-electron chi connectivity index (χ4n) is 8.59. The zero-order chi connectivity index (χ0) is 36.2. The van der Waals surface area contributed by atoms with Crippen molar-refractivity contribution in [3.63, 3.8) is 0 Å². The van der Waals surface area contributed by atoms with Gasteiger partial charge in [-0.2, -0.15) is 11.3 Å². The van der Waals surface area contributed by atoms with Gasteiger partial charge in [0, 0.05) is 37.2 Å². The smallest absolute Gasteiger partial charge is 0.0798 e. The first-order valence-corrected chi connectivity index (χ1v) is 24.0. The van der Waals surface area contributed by atoms with Crippen LogP contribution in [-0.2, 0) is 32.9 Å². The zero-order valence-electron chi connectivity index (χ0n) is 31.8. The molecule has 0 N–H and O–H groups in total. The number of hydrogen-bond acceptors (Lipinski definition) is 3. The number of pyridine rings is 2. The number of rotatable bonds is 8. The molecule has 3 aromatic heterocycles. The Labute approximate surface area is 340 Å². The van der Waals surface area contributed by atoms with Gasteiger partial charge in [-0.25, -0.2) is 0 Å². The van der Waals surface area contributed by atoms with Crippen LogP contribution in [0.25, 0.3) is 53.8 Å². The maximum absolute atomic E-state index is 4.75. The summed E-state index contributed by atoms with van der Waals surface area (Å²) in [5.74, 6) is 1.72. The molecule has 0 atom stereocenters. The molecule has 5 heteroatoms. The summed E-state index contributed by atoms with van der Waals surface area (Å²) in [6.07, 6.45) is 17.7. The van der Waals surface area contributed by atoms with E-state index in [1.54, 1.807) is 10.8 Å². The van der Waals surface area contributed by atoms with Crippen LogP contribution in [0, 0.1) is 24.0 Å². The standard InChI is InChI=1S/C29H24NS.C20H26NSi.Ir/c1-2-9-22(10-3-1)23-13-14-28-26(19-23)24-11-6-12-25(29(24)31-28)27-18-21(15-16-30-27)17-20-7-4-5-8-20;1-22(2,3)20-15-21-19(17-11-5-4-6-12-17)14-18(20)13-16-9-7-8-10-16;/h1-3,6,9-11,13-16,18-20H,4-5,7-8,17H2;4-6,11,14-16H,7-10,13H2,1-3H3;/q2*-1;. The summed E-state index contributed by atoms with van der Waals surface area (Å²) in [5.41, 5.74) is 9.85. The Bertz CT molecular complexity index is 2300. The van der Waals surface area contributed by atoms with E-state index in [-0.39, 0.29) is 20.1 Å². The van der Waals surface area contributed by atoms with Crippen molar-refractivity contribution in [1.29, 1.82) is 0 Å². The molecule has 54 heavy (non-hydrogen) atoms. The summed E-state index contributed by atoms with van der Waals surface area (Å²) in [6.45, 7) is 7.28. The Hall–Kier alpha value is -3.73. The molecule has 2 aliphatic rings. The molecule has 277 valence electrons. The Balaban J connectivity index is 0.000000174. The number of thiophene rings is 1. The normalized spacial score (nSPS) is 14.9. The number of aromatic nitrogens is 2. The fraction of sp³-hybridized carbons (Fsp3) is 0.306. The minimum absolute atomic E-state index is 0. The second-order valence-corrected chi connectivity index (χ2v) is 22.4. The second kappa shape index (κ2) is 17.4. The zero-order valence-corrected chi connectivity index (χ0v) is 36.0. The van der Waals surface area contributed by atoms with Crippen molar-refractivity contribution in [1.82, 2.24) is 9.97 Å². The van der Waals surface area contributed by atoms with E-state index in [1.807, 2.05) is 29.7 Å². The summed E-state index contributed by atoms with van der Waals surface area (Å²) < 4.78 is 2.60. The van der Waals surface area contributed by atoms with Crippen LogP contribution >= 0.6 is 11.3 Å². The van der Waals surface area contributed by atoms with Gasteiger partial charge in [0.1, 0.15) is 0 Å². The van der Waals surface area contributed by atoms with Crippen LogP contribution < -0.4 is 5.19 Å². The molecule has 0 saturated heterocycles. The Morgan fingerprint density at radius 1 is 0.667 bits per heavy atom. The molecule has 3 heterocycles. The molecule has 7 aromatic rings. The van der Waals surface area contributed by atoms with Gasteiger partial charge in [-0.1, -0.05) is 136 Å². The first-order chi connectivity index (χ1) is 25.9. The third-order valence-corrected chi connectivity index (χ3v) is 14.7. The van der Waals surface area contributed by atoms with Gasteiger partial charge in [-0.15, -0.1) is 59.7 Å². The molecule has 1 radical (unpaired) electrons. The quantitative estimate of drug-likeness (QED) is 0.112. The Morgan fingerprint density at radius 3 is 2.13 bits per heavy atom. The van der Waals surface area contributed by atoms with Crippen molar-refractivity contribution in [2.24, 2.45) is 11.8 Å². The molecule has 4 aromatic carbocycles. The van der Waals surface area contributed by atoms with Gasteiger partial charge in [0.05, 0.1) is 8.07 Å². The van der Waals surface area contributed by atoms with Crippen LogP contribution in [-0.4, -0.2) is 18.0 Å². The molecule has 0 aliphatic heterocycles. The predicted molar refractivity (Wildman–Crippen MR) is 230 cm³/mol. The molecule has 2 fully saturated rings. The molecule has 0 amide bonds. The van der Waals surface area contributed by atoms with E-state index < -0.39 is 8.07 Å². The topological polar surface area (TPSA) is 25.8 Å². The summed E-state index contributed by atoms with van der Waals surface area (Å²) in [6, 6.07) is 43.5. The van der Waals surface area contributed by atoms with Crippen molar-refractivity contribution in [3.8, 4) is 33.6 Å². The molecule has 0 spiro atoms. The van der Waals surface area contributed by atoms with Gasteiger partial charge in [-0.3, -0.25) is 0 Å². The van der Waals surface area contributed by atoms with E-state index in [0.717, 1.165) is 34.4 Å². The third-order valence-electron chi connectivity index (χ3n) is 11.4. The molecule has 2 nitrogen and oxygen atoms in total. The van der Waals surface area contributed by atoms with Crippen LogP contribution in [0.3, 0.4) is 0 Å². The average Bonchev–Trinajstić information content (AvgIpc) is 3.98. The van der Waals surface area contributed by atoms with Crippen LogP contribution in [0.5, 0.6) is 0 Å². The molecular weight excluding hydrogens is 869 g/mol.